The van der Waals surface area contributed by atoms with Gasteiger partial charge in [-0.2, -0.15) is 0 Å². The molecule has 1 heterocycles. The Bertz CT molecular complexity index is 984. The van der Waals surface area contributed by atoms with E-state index in [2.05, 4.69) is 77.2 Å². The second-order valence-corrected chi connectivity index (χ2v) is 11.6. The monoisotopic (exact) mass is 491 g/mol. The lowest BCUT2D eigenvalue weighted by molar-refractivity contribution is -0.105. The zero-order valence-corrected chi connectivity index (χ0v) is 22.5. The molecule has 3 aliphatic rings. The first-order valence-electron chi connectivity index (χ1n) is 14.1. The average molecular weight is 492 g/mol. The molecule has 0 bridgehead atoms. The molecule has 3 fully saturated rings. The van der Waals surface area contributed by atoms with E-state index < -0.39 is 6.35 Å². The minimum absolute atomic E-state index is 0.0409. The zero-order valence-electron chi connectivity index (χ0n) is 22.5. The molecule has 1 aliphatic heterocycles. The number of methoxy groups -OCH3 is 1. The Morgan fingerprint density at radius 2 is 1.78 bits per heavy atom. The second kappa shape index (κ2) is 10.8. The van der Waals surface area contributed by atoms with Crippen molar-refractivity contribution in [3.05, 3.63) is 65.7 Å². The van der Waals surface area contributed by atoms with Crippen LogP contribution in [0, 0.1) is 5.92 Å². The van der Waals surface area contributed by atoms with Crippen LogP contribution in [0.25, 0.3) is 0 Å². The van der Waals surface area contributed by atoms with Crippen molar-refractivity contribution in [2.24, 2.45) is 5.92 Å². The molecule has 196 valence electrons. The Morgan fingerprint density at radius 3 is 2.42 bits per heavy atom. The van der Waals surface area contributed by atoms with Gasteiger partial charge in [-0.15, -0.1) is 0 Å². The quantitative estimate of drug-likeness (QED) is 0.506. The predicted molar refractivity (Wildman–Crippen MR) is 146 cm³/mol. The normalized spacial score (nSPS) is 29.6. The van der Waals surface area contributed by atoms with Crippen LogP contribution in [-0.4, -0.2) is 65.5 Å². The Balaban J connectivity index is 1.40. The van der Waals surface area contributed by atoms with Gasteiger partial charge in [0.1, 0.15) is 5.75 Å². The van der Waals surface area contributed by atoms with Crippen LogP contribution in [0.1, 0.15) is 69.4 Å². The summed E-state index contributed by atoms with van der Waals surface area (Å²) in [6, 6.07) is 19.5. The summed E-state index contributed by atoms with van der Waals surface area (Å²) >= 11 is 0. The molecule has 2 aromatic carbocycles. The van der Waals surface area contributed by atoms with Gasteiger partial charge in [0, 0.05) is 30.7 Å². The van der Waals surface area contributed by atoms with Crippen LogP contribution in [0.15, 0.2) is 54.6 Å². The van der Waals surface area contributed by atoms with Crippen LogP contribution in [-0.2, 0) is 12.1 Å². The van der Waals surface area contributed by atoms with E-state index in [1.54, 1.807) is 7.11 Å². The fraction of sp³-hybridized carbons (Fsp3) is 0.613. The fourth-order valence-electron chi connectivity index (χ4n) is 7.14. The molecule has 0 amide bonds. The van der Waals surface area contributed by atoms with E-state index in [1.165, 1.54) is 30.4 Å². The summed E-state index contributed by atoms with van der Waals surface area (Å²) in [5.41, 5.74) is 2.77. The van der Waals surface area contributed by atoms with Gasteiger partial charge >= 0.3 is 0 Å². The molecule has 5 heteroatoms. The lowest BCUT2D eigenvalue weighted by Gasteiger charge is -2.53. The molecular formula is C31H45N3O2. The molecule has 1 atom stereocenters. The molecule has 2 aliphatic carbocycles. The van der Waals surface area contributed by atoms with Crippen molar-refractivity contribution in [2.45, 2.75) is 82.3 Å². The summed E-state index contributed by atoms with van der Waals surface area (Å²) < 4.78 is 5.46. The van der Waals surface area contributed by atoms with Gasteiger partial charge in [-0.05, 0) is 87.7 Å². The summed E-state index contributed by atoms with van der Waals surface area (Å²) in [5, 5.41) is 11.7. The van der Waals surface area contributed by atoms with E-state index in [0.29, 0.717) is 0 Å². The number of hydrogen-bond acceptors (Lipinski definition) is 5. The van der Waals surface area contributed by atoms with Crippen molar-refractivity contribution in [1.82, 2.24) is 14.7 Å². The highest BCUT2D eigenvalue weighted by Gasteiger charge is 2.55. The number of benzene rings is 2. The minimum atomic E-state index is -0.519. The van der Waals surface area contributed by atoms with Crippen LogP contribution >= 0.6 is 0 Å². The van der Waals surface area contributed by atoms with Crippen LogP contribution in [0.3, 0.4) is 0 Å². The Kier molecular flexibility index (Phi) is 7.73. The van der Waals surface area contributed by atoms with Crippen LogP contribution in [0.5, 0.6) is 5.75 Å². The average Bonchev–Trinajstić information content (AvgIpc) is 3.12. The molecule has 1 N–H and O–H groups in total. The molecule has 0 radical (unpaired) electrons. The standard InChI is InChI=1S/C31H45N3O2/c1-4-20-32(2)31(27-13-6-5-7-14-27)18-16-30(17-19-31)24-33(22-26-12-9-15-28(21-26)36-3)29(35)34(30)23-25-10-8-11-25/h5-7,9,12-15,21,25,29,35H,4,8,10-11,16-20,22-24H2,1-3H3. The highest BCUT2D eigenvalue weighted by molar-refractivity contribution is 5.29. The number of aliphatic hydroxyl groups excluding tert-OH is 1. The number of nitrogens with zero attached hydrogens (tertiary/aromatic N) is 3. The van der Waals surface area contributed by atoms with Gasteiger partial charge < -0.3 is 9.84 Å². The zero-order chi connectivity index (χ0) is 25.2. The van der Waals surface area contributed by atoms with E-state index in [4.69, 9.17) is 4.74 Å². The number of ether oxygens (including phenoxy) is 1. The van der Waals surface area contributed by atoms with Crippen LogP contribution in [0.4, 0.5) is 0 Å². The van der Waals surface area contributed by atoms with Crippen molar-refractivity contribution >= 4 is 0 Å². The van der Waals surface area contributed by atoms with Crippen molar-refractivity contribution in [1.29, 1.82) is 0 Å². The van der Waals surface area contributed by atoms with Gasteiger partial charge in [-0.3, -0.25) is 14.7 Å². The maximum Gasteiger partial charge on any atom is 0.166 e. The van der Waals surface area contributed by atoms with Gasteiger partial charge in [0.25, 0.3) is 0 Å². The molecular weight excluding hydrogens is 446 g/mol. The lowest BCUT2D eigenvalue weighted by Crippen LogP contribution is -2.57. The number of rotatable bonds is 9. The molecule has 0 aromatic heterocycles. The molecule has 2 aromatic rings. The highest BCUT2D eigenvalue weighted by atomic mass is 16.5. The lowest BCUT2D eigenvalue weighted by atomic mass is 9.67. The molecule has 1 unspecified atom stereocenters. The largest absolute Gasteiger partial charge is 0.497 e. The van der Waals surface area contributed by atoms with Crippen molar-refractivity contribution < 1.29 is 9.84 Å². The van der Waals surface area contributed by atoms with Crippen molar-refractivity contribution in [3.63, 3.8) is 0 Å². The first-order chi connectivity index (χ1) is 17.5. The maximum absolute atomic E-state index is 11.7. The van der Waals surface area contributed by atoms with Crippen molar-refractivity contribution in [2.75, 3.05) is 33.8 Å². The second-order valence-electron chi connectivity index (χ2n) is 11.6. The molecule has 36 heavy (non-hydrogen) atoms. The molecule has 5 rings (SSSR count). The summed E-state index contributed by atoms with van der Waals surface area (Å²) in [6.45, 7) is 6.10. The Morgan fingerprint density at radius 1 is 1.03 bits per heavy atom. The van der Waals surface area contributed by atoms with Crippen molar-refractivity contribution in [3.8, 4) is 5.75 Å². The van der Waals surface area contributed by atoms with Gasteiger partial charge in [-0.1, -0.05) is 55.8 Å². The molecule has 2 saturated carbocycles. The Hall–Kier alpha value is -1.92. The molecule has 5 nitrogen and oxygen atoms in total. The fourth-order valence-corrected chi connectivity index (χ4v) is 7.14. The Labute approximate surface area is 218 Å². The van der Waals surface area contributed by atoms with E-state index in [9.17, 15) is 5.11 Å². The number of aliphatic hydroxyl groups is 1. The SMILES string of the molecule is CCCN(C)C1(c2ccccc2)CCC2(CC1)CN(Cc1cccc(OC)c1)C(O)N2CC1CCC1. The predicted octanol–water partition coefficient (Wildman–Crippen LogP) is 5.44. The van der Waals surface area contributed by atoms with Gasteiger partial charge in [-0.25, -0.2) is 0 Å². The maximum atomic E-state index is 11.7. The van der Waals surface area contributed by atoms with Gasteiger partial charge in [0.05, 0.1) is 7.11 Å². The first kappa shape index (κ1) is 25.7. The van der Waals surface area contributed by atoms with E-state index in [-0.39, 0.29) is 11.1 Å². The minimum Gasteiger partial charge on any atom is -0.497 e. The summed E-state index contributed by atoms with van der Waals surface area (Å²) in [7, 11) is 4.04. The van der Waals surface area contributed by atoms with Gasteiger partial charge in [0.2, 0.25) is 0 Å². The third-order valence-corrected chi connectivity index (χ3v) is 9.52. The van der Waals surface area contributed by atoms with Crippen LogP contribution in [0.2, 0.25) is 0 Å². The number of hydrogen-bond donors (Lipinski definition) is 1. The van der Waals surface area contributed by atoms with E-state index in [1.807, 2.05) is 6.07 Å². The summed E-state index contributed by atoms with van der Waals surface area (Å²) in [6.07, 6.45) is 9.11. The molecule has 1 saturated heterocycles. The third-order valence-electron chi connectivity index (χ3n) is 9.52. The van der Waals surface area contributed by atoms with E-state index in [0.717, 1.165) is 70.0 Å². The highest BCUT2D eigenvalue weighted by Crippen LogP contribution is 2.50. The van der Waals surface area contributed by atoms with Crippen LogP contribution < -0.4 is 4.74 Å². The molecule has 1 spiro atoms. The van der Waals surface area contributed by atoms with E-state index >= 15 is 0 Å². The smallest absolute Gasteiger partial charge is 0.166 e. The van der Waals surface area contributed by atoms with Gasteiger partial charge in [0.15, 0.2) is 6.35 Å². The summed E-state index contributed by atoms with van der Waals surface area (Å²) in [5.74, 6) is 1.61. The first-order valence-corrected chi connectivity index (χ1v) is 14.1. The summed E-state index contributed by atoms with van der Waals surface area (Å²) in [4.78, 5) is 7.43. The topological polar surface area (TPSA) is 39.2 Å². The third kappa shape index (κ3) is 4.83.